The maximum absolute atomic E-state index is 13.3. The van der Waals surface area contributed by atoms with E-state index in [2.05, 4.69) is 15.4 Å². The van der Waals surface area contributed by atoms with Crippen molar-refractivity contribution in [3.05, 3.63) is 122 Å². The number of nitrogens with one attached hydrogen (secondary N) is 1. The van der Waals surface area contributed by atoms with Gasteiger partial charge in [0.15, 0.2) is 0 Å². The van der Waals surface area contributed by atoms with Crippen molar-refractivity contribution in [3.8, 4) is 5.69 Å². The molecule has 4 aromatic rings. The van der Waals surface area contributed by atoms with Crippen LogP contribution in [0.15, 0.2) is 82.6 Å². The number of aryl methyl sites for hydroxylation is 2. The number of amides is 1. The van der Waals surface area contributed by atoms with Crippen molar-refractivity contribution in [3.63, 3.8) is 0 Å². The maximum Gasteiger partial charge on any atom is 0.352 e. The smallest absolute Gasteiger partial charge is 0.346 e. The summed E-state index contributed by atoms with van der Waals surface area (Å²) in [6.07, 6.45) is 3.24. The van der Waals surface area contributed by atoms with Crippen LogP contribution < -0.4 is 16.6 Å². The zero-order valence-corrected chi connectivity index (χ0v) is 18.4. The van der Waals surface area contributed by atoms with Crippen molar-refractivity contribution < 1.29 is 4.79 Å². The van der Waals surface area contributed by atoms with Gasteiger partial charge >= 0.3 is 5.69 Å². The molecule has 166 valence electrons. The molecule has 2 aromatic carbocycles. The monoisotopic (exact) mass is 441 g/mol. The van der Waals surface area contributed by atoms with Crippen LogP contribution in [-0.2, 0) is 13.1 Å². The van der Waals surface area contributed by atoms with Gasteiger partial charge in [-0.2, -0.15) is 9.78 Å². The van der Waals surface area contributed by atoms with Gasteiger partial charge in [0.2, 0.25) is 5.69 Å². The summed E-state index contributed by atoms with van der Waals surface area (Å²) in [5, 5.41) is 6.90. The standard InChI is InChI=1S/C25H23N5O3/c1-17-12-18(2)14-21(13-17)30-25(33)29(16-20-6-4-3-5-7-20)24(32)22(28-30)23(31)27-15-19-8-10-26-11-9-19/h3-14H,15-16H2,1-2H3,(H,27,31). The van der Waals surface area contributed by atoms with Gasteiger partial charge in [0, 0.05) is 18.9 Å². The molecule has 8 heteroatoms. The topological polar surface area (TPSA) is 98.9 Å². The van der Waals surface area contributed by atoms with E-state index in [1.807, 2.05) is 50.2 Å². The highest BCUT2D eigenvalue weighted by atomic mass is 16.2. The predicted molar refractivity (Wildman–Crippen MR) is 125 cm³/mol. The lowest BCUT2D eigenvalue weighted by molar-refractivity contribution is 0.0941. The molecule has 0 aliphatic carbocycles. The molecule has 33 heavy (non-hydrogen) atoms. The summed E-state index contributed by atoms with van der Waals surface area (Å²) >= 11 is 0. The van der Waals surface area contributed by atoms with E-state index < -0.39 is 17.2 Å². The molecule has 0 fully saturated rings. The van der Waals surface area contributed by atoms with Crippen molar-refractivity contribution in [1.29, 1.82) is 0 Å². The van der Waals surface area contributed by atoms with Gasteiger partial charge in [-0.3, -0.25) is 19.1 Å². The Labute approximate surface area is 190 Å². The molecule has 8 nitrogen and oxygen atoms in total. The van der Waals surface area contributed by atoms with Gasteiger partial charge in [0.05, 0.1) is 12.2 Å². The Bertz CT molecular complexity index is 1390. The minimum Gasteiger partial charge on any atom is -0.346 e. The summed E-state index contributed by atoms with van der Waals surface area (Å²) in [4.78, 5) is 43.4. The van der Waals surface area contributed by atoms with Crippen LogP contribution in [0.2, 0.25) is 0 Å². The third-order valence-electron chi connectivity index (χ3n) is 5.11. The molecule has 1 N–H and O–H groups in total. The van der Waals surface area contributed by atoms with E-state index in [0.717, 1.165) is 31.5 Å². The van der Waals surface area contributed by atoms with Gasteiger partial charge in [-0.15, -0.1) is 0 Å². The molecule has 0 aliphatic heterocycles. The second kappa shape index (κ2) is 9.44. The van der Waals surface area contributed by atoms with Gasteiger partial charge in [-0.05, 0) is 60.4 Å². The fourth-order valence-electron chi connectivity index (χ4n) is 3.57. The first-order valence-electron chi connectivity index (χ1n) is 10.5. The third kappa shape index (κ3) is 4.95. The van der Waals surface area contributed by atoms with Gasteiger partial charge in [0.25, 0.3) is 11.5 Å². The Morgan fingerprint density at radius 2 is 1.58 bits per heavy atom. The molecule has 0 aliphatic rings. The average Bonchev–Trinajstić information content (AvgIpc) is 2.81. The molecule has 0 unspecified atom stereocenters. The van der Waals surface area contributed by atoms with Crippen molar-refractivity contribution in [2.24, 2.45) is 0 Å². The second-order valence-electron chi connectivity index (χ2n) is 7.80. The average molecular weight is 441 g/mol. The van der Waals surface area contributed by atoms with Gasteiger partial charge < -0.3 is 5.32 Å². The lowest BCUT2D eigenvalue weighted by Gasteiger charge is -2.13. The molecule has 2 aromatic heterocycles. The number of nitrogens with zero attached hydrogens (tertiary/aromatic N) is 4. The first-order valence-corrected chi connectivity index (χ1v) is 10.5. The van der Waals surface area contributed by atoms with E-state index in [4.69, 9.17) is 0 Å². The van der Waals surface area contributed by atoms with Crippen LogP contribution in [-0.4, -0.2) is 25.2 Å². The highest BCUT2D eigenvalue weighted by molar-refractivity contribution is 5.91. The highest BCUT2D eigenvalue weighted by Crippen LogP contribution is 2.11. The summed E-state index contributed by atoms with van der Waals surface area (Å²) in [7, 11) is 0. The van der Waals surface area contributed by atoms with Crippen LogP contribution >= 0.6 is 0 Å². The van der Waals surface area contributed by atoms with Crippen LogP contribution in [0.3, 0.4) is 0 Å². The summed E-state index contributed by atoms with van der Waals surface area (Å²) in [5.41, 5.74) is 2.24. The Hall–Kier alpha value is -4.33. The van der Waals surface area contributed by atoms with Crippen LogP contribution in [0.4, 0.5) is 0 Å². The summed E-state index contributed by atoms with van der Waals surface area (Å²) < 4.78 is 2.16. The van der Waals surface area contributed by atoms with E-state index in [1.54, 1.807) is 36.7 Å². The van der Waals surface area contributed by atoms with E-state index in [9.17, 15) is 14.4 Å². The number of rotatable bonds is 6. The Kier molecular flexibility index (Phi) is 6.26. The van der Waals surface area contributed by atoms with E-state index in [1.165, 1.54) is 0 Å². The molecule has 4 rings (SSSR count). The minimum atomic E-state index is -0.739. The molecular formula is C25H23N5O3. The first kappa shape index (κ1) is 21.9. The Balaban J connectivity index is 1.81. The normalized spacial score (nSPS) is 10.7. The lowest BCUT2D eigenvalue weighted by Crippen LogP contribution is -2.46. The van der Waals surface area contributed by atoms with Crippen LogP contribution in [0.25, 0.3) is 5.69 Å². The molecule has 0 spiro atoms. The minimum absolute atomic E-state index is 0.0243. The highest BCUT2D eigenvalue weighted by Gasteiger charge is 2.20. The van der Waals surface area contributed by atoms with E-state index in [-0.39, 0.29) is 18.8 Å². The fourth-order valence-corrected chi connectivity index (χ4v) is 3.57. The molecule has 2 heterocycles. The van der Waals surface area contributed by atoms with Gasteiger partial charge in [0.1, 0.15) is 0 Å². The molecule has 0 atom stereocenters. The van der Waals surface area contributed by atoms with Crippen molar-refractivity contribution >= 4 is 5.91 Å². The quantitative estimate of drug-likeness (QED) is 0.495. The molecule has 0 bridgehead atoms. The van der Waals surface area contributed by atoms with Crippen molar-refractivity contribution in [1.82, 2.24) is 24.6 Å². The van der Waals surface area contributed by atoms with Crippen molar-refractivity contribution in [2.75, 3.05) is 0 Å². The van der Waals surface area contributed by atoms with Gasteiger partial charge in [-0.1, -0.05) is 36.4 Å². The lowest BCUT2D eigenvalue weighted by atomic mass is 10.1. The molecule has 1 amide bonds. The second-order valence-corrected chi connectivity index (χ2v) is 7.80. The van der Waals surface area contributed by atoms with Crippen LogP contribution in [0.5, 0.6) is 0 Å². The maximum atomic E-state index is 13.3. The number of aromatic nitrogens is 4. The number of benzene rings is 2. The number of hydrogen-bond acceptors (Lipinski definition) is 5. The van der Waals surface area contributed by atoms with Gasteiger partial charge in [-0.25, -0.2) is 4.79 Å². The van der Waals surface area contributed by atoms with E-state index in [0.29, 0.717) is 5.69 Å². The molecule has 0 saturated heterocycles. The molecule has 0 saturated carbocycles. The van der Waals surface area contributed by atoms with Crippen molar-refractivity contribution in [2.45, 2.75) is 26.9 Å². The Morgan fingerprint density at radius 3 is 2.24 bits per heavy atom. The SMILES string of the molecule is Cc1cc(C)cc(-n2nc(C(=O)NCc3ccncc3)c(=O)n(Cc3ccccc3)c2=O)c1. The number of pyridine rings is 1. The predicted octanol–water partition coefficient (Wildman–Crippen LogP) is 2.38. The zero-order chi connectivity index (χ0) is 23.4. The Morgan fingerprint density at radius 1 is 0.909 bits per heavy atom. The third-order valence-corrected chi connectivity index (χ3v) is 5.11. The molecule has 0 radical (unpaired) electrons. The number of carbonyl (C=O) groups is 1. The summed E-state index contributed by atoms with van der Waals surface area (Å²) in [6, 6.07) is 18.2. The van der Waals surface area contributed by atoms with Crippen LogP contribution in [0, 0.1) is 13.8 Å². The largest absolute Gasteiger partial charge is 0.352 e. The number of carbonyl (C=O) groups excluding carboxylic acids is 1. The summed E-state index contributed by atoms with van der Waals surface area (Å²) in [5.74, 6) is -0.656. The van der Waals surface area contributed by atoms with Crippen LogP contribution in [0.1, 0.15) is 32.7 Å². The first-order chi connectivity index (χ1) is 15.9. The zero-order valence-electron chi connectivity index (χ0n) is 18.4. The van der Waals surface area contributed by atoms with E-state index >= 15 is 0 Å². The fraction of sp³-hybridized carbons (Fsp3) is 0.160. The number of hydrogen-bond donors (Lipinski definition) is 1. The summed E-state index contributed by atoms with van der Waals surface area (Å²) in [6.45, 7) is 4.04. The molecular weight excluding hydrogens is 418 g/mol.